The summed E-state index contributed by atoms with van der Waals surface area (Å²) < 4.78 is 15.6. The van der Waals surface area contributed by atoms with Crippen molar-refractivity contribution >= 4 is 46.1 Å². The number of nitro benzene ring substituents is 1. The zero-order valence-corrected chi connectivity index (χ0v) is 25.7. The number of hydrogen-bond donors (Lipinski definition) is 1. The van der Waals surface area contributed by atoms with Gasteiger partial charge in [0.25, 0.3) is 5.69 Å². The van der Waals surface area contributed by atoms with Crippen LogP contribution in [0.3, 0.4) is 0 Å². The number of rotatable bonds is 7. The lowest BCUT2D eigenvalue weighted by Gasteiger charge is -2.25. The highest BCUT2D eigenvalue weighted by molar-refractivity contribution is 8.68. The van der Waals surface area contributed by atoms with Crippen molar-refractivity contribution in [2.45, 2.75) is 70.1 Å². The van der Waals surface area contributed by atoms with Crippen LogP contribution in [-0.4, -0.2) is 35.3 Å². The molecule has 2 aromatic carbocycles. The van der Waals surface area contributed by atoms with Gasteiger partial charge in [0.05, 0.1) is 4.92 Å². The molecule has 0 spiro atoms. The zero-order chi connectivity index (χ0) is 30.7. The number of anilines is 1. The number of hydrogen-bond acceptors (Lipinski definition) is 10. The number of carbonyl (C=O) groups is 2. The van der Waals surface area contributed by atoms with E-state index < -0.39 is 11.1 Å². The number of carbonyl (C=O) groups excluding carboxylic acids is 2. The lowest BCUT2D eigenvalue weighted by atomic mass is 9.98. The molecule has 0 aliphatic heterocycles. The predicted molar refractivity (Wildman–Crippen MR) is 167 cm³/mol. The lowest BCUT2D eigenvalue weighted by Crippen LogP contribution is -2.31. The molecule has 1 fully saturated rings. The van der Waals surface area contributed by atoms with E-state index in [0.717, 1.165) is 30.7 Å². The molecule has 4 rings (SSSR count). The van der Waals surface area contributed by atoms with Crippen molar-refractivity contribution in [3.63, 3.8) is 0 Å². The van der Waals surface area contributed by atoms with Crippen molar-refractivity contribution in [1.29, 1.82) is 0 Å². The van der Waals surface area contributed by atoms with Gasteiger partial charge in [0.15, 0.2) is 0 Å². The molecule has 0 bridgehead atoms. The summed E-state index contributed by atoms with van der Waals surface area (Å²) in [6.45, 7) is 4.22. The molecule has 12 heteroatoms. The molecule has 0 unspecified atom stereocenters. The Kier molecular flexibility index (Phi) is 15.9. The largest absolute Gasteiger partial charge is 0.514 e. The number of non-ortho nitro benzene ring substituents is 1. The van der Waals surface area contributed by atoms with Crippen LogP contribution in [0.5, 0.6) is 5.75 Å². The van der Waals surface area contributed by atoms with Crippen molar-refractivity contribution in [2.24, 2.45) is 0 Å². The second-order valence-corrected chi connectivity index (χ2v) is 10.4. The van der Waals surface area contributed by atoms with Crippen LogP contribution in [0.25, 0.3) is 0 Å². The average molecular weight is 616 g/mol. The van der Waals surface area contributed by atoms with Gasteiger partial charge in [-0.3, -0.25) is 15.0 Å². The second-order valence-electron chi connectivity index (χ2n) is 9.23. The molecule has 10 nitrogen and oxygen atoms in total. The molecule has 1 amide bonds. The number of nitrogens with zero attached hydrogens (tertiary/aromatic N) is 3. The van der Waals surface area contributed by atoms with Crippen LogP contribution in [-0.2, 0) is 16.1 Å². The number of benzene rings is 2. The van der Waals surface area contributed by atoms with Gasteiger partial charge in [-0.25, -0.2) is 14.6 Å². The molecular formula is C30H37N3O7S2. The van der Waals surface area contributed by atoms with Crippen LogP contribution in [0.15, 0.2) is 78.0 Å². The summed E-state index contributed by atoms with van der Waals surface area (Å²) in [5.74, 6) is 0.143. The molecule has 3 aromatic rings. The molecule has 1 heterocycles. The van der Waals surface area contributed by atoms with Gasteiger partial charge in [0, 0.05) is 31.1 Å². The van der Waals surface area contributed by atoms with Gasteiger partial charge in [0.1, 0.15) is 23.5 Å². The second kappa shape index (κ2) is 19.4. The van der Waals surface area contributed by atoms with Crippen LogP contribution in [0.1, 0.15) is 57.9 Å². The molecule has 226 valence electrons. The minimum atomic E-state index is -0.925. The zero-order valence-electron chi connectivity index (χ0n) is 24.0. The molecule has 1 aliphatic rings. The number of aromatic nitrogens is 1. The summed E-state index contributed by atoms with van der Waals surface area (Å²) in [5.41, 5.74) is 1.27. The highest BCUT2D eigenvalue weighted by Gasteiger charge is 2.21. The fourth-order valence-corrected chi connectivity index (χ4v) is 4.20. The molecule has 0 saturated heterocycles. The van der Waals surface area contributed by atoms with Crippen molar-refractivity contribution < 1.29 is 28.7 Å². The standard InChI is InChI=1S/C22H24N2O7.C5H5NS2.C3H8/c1-23(21(25)30-19-5-3-2-4-6-19)17-9-7-16(8-10-17)15-29-22(26)31-20-13-11-18(12-14-20)24(27)28;7-8-5-3-1-2-4-6-5;1-3-2/h7-14,19H,2-6,15H2,1H3;1-4,7H;3H2,1-2H3. The van der Waals surface area contributed by atoms with Crippen LogP contribution in [0.4, 0.5) is 21.0 Å². The van der Waals surface area contributed by atoms with Gasteiger partial charge < -0.3 is 14.2 Å². The number of thiol groups is 1. The summed E-state index contributed by atoms with van der Waals surface area (Å²) in [5, 5.41) is 11.6. The Bertz CT molecular complexity index is 1220. The van der Waals surface area contributed by atoms with E-state index in [9.17, 15) is 19.7 Å². The first-order valence-electron chi connectivity index (χ1n) is 13.6. The first kappa shape index (κ1) is 34.4. The average Bonchev–Trinajstić information content (AvgIpc) is 3.02. The molecule has 1 saturated carbocycles. The van der Waals surface area contributed by atoms with Gasteiger partial charge in [0.2, 0.25) is 0 Å². The first-order valence-corrected chi connectivity index (χ1v) is 15.5. The number of ether oxygens (including phenoxy) is 3. The highest BCUT2D eigenvalue weighted by atomic mass is 33.1. The van der Waals surface area contributed by atoms with Crippen LogP contribution in [0, 0.1) is 10.1 Å². The molecule has 1 aliphatic carbocycles. The highest BCUT2D eigenvalue weighted by Crippen LogP contribution is 2.23. The smallest absolute Gasteiger partial charge is 0.446 e. The van der Waals surface area contributed by atoms with Crippen LogP contribution in [0.2, 0.25) is 0 Å². The fourth-order valence-electron chi connectivity index (χ4n) is 3.63. The monoisotopic (exact) mass is 615 g/mol. The van der Waals surface area contributed by atoms with Crippen molar-refractivity contribution in [3.05, 3.63) is 88.6 Å². The third-order valence-corrected chi connectivity index (χ3v) is 6.74. The van der Waals surface area contributed by atoms with Crippen molar-refractivity contribution in [2.75, 3.05) is 11.9 Å². The van der Waals surface area contributed by atoms with Crippen molar-refractivity contribution in [3.8, 4) is 5.75 Å². The quantitative estimate of drug-likeness (QED) is 0.0695. The first-order chi connectivity index (χ1) is 20.3. The van der Waals surface area contributed by atoms with Gasteiger partial charge in [-0.2, -0.15) is 0 Å². The normalized spacial score (nSPS) is 12.4. The molecular weight excluding hydrogens is 578 g/mol. The predicted octanol–water partition coefficient (Wildman–Crippen LogP) is 8.65. The third-order valence-electron chi connectivity index (χ3n) is 5.75. The van der Waals surface area contributed by atoms with Crippen molar-refractivity contribution in [1.82, 2.24) is 4.98 Å². The summed E-state index contributed by atoms with van der Waals surface area (Å²) in [4.78, 5) is 39.7. The Morgan fingerprint density at radius 2 is 1.67 bits per heavy atom. The van der Waals surface area contributed by atoms with Gasteiger partial charge in [-0.1, -0.05) is 44.9 Å². The molecule has 1 aromatic heterocycles. The third kappa shape index (κ3) is 12.8. The van der Waals surface area contributed by atoms with E-state index in [4.69, 9.17) is 14.2 Å². The minimum Gasteiger partial charge on any atom is -0.446 e. The molecule has 0 N–H and O–H groups in total. The summed E-state index contributed by atoms with van der Waals surface area (Å²) in [7, 11) is 3.00. The fraction of sp³-hybridized carbons (Fsp3) is 0.367. The number of nitro groups is 1. The summed E-state index contributed by atoms with van der Waals surface area (Å²) in [6, 6.07) is 17.8. The van der Waals surface area contributed by atoms with E-state index in [2.05, 4.69) is 30.5 Å². The van der Waals surface area contributed by atoms with E-state index in [1.807, 2.05) is 18.2 Å². The topological polar surface area (TPSA) is 121 Å². The minimum absolute atomic E-state index is 0.0156. The SMILES string of the molecule is CCC.CN(C(=O)OC1CCCCC1)c1ccc(COC(=O)Oc2ccc([N+](=O)[O-])cc2)cc1.SSc1ccccn1. The number of pyridine rings is 1. The Balaban J connectivity index is 0.000000471. The molecule has 42 heavy (non-hydrogen) atoms. The van der Waals surface area contributed by atoms with E-state index in [0.29, 0.717) is 11.3 Å². The molecule has 0 atom stereocenters. The van der Waals surface area contributed by atoms with Crippen LogP contribution >= 0.6 is 22.5 Å². The Morgan fingerprint density at radius 1 is 1.02 bits per heavy atom. The van der Waals surface area contributed by atoms with Crippen LogP contribution < -0.4 is 9.64 Å². The maximum Gasteiger partial charge on any atom is 0.514 e. The van der Waals surface area contributed by atoms with Gasteiger partial charge in [-0.05, 0) is 78.4 Å². The lowest BCUT2D eigenvalue weighted by molar-refractivity contribution is -0.384. The Labute approximate surface area is 255 Å². The van der Waals surface area contributed by atoms with Gasteiger partial charge in [-0.15, -0.1) is 11.7 Å². The summed E-state index contributed by atoms with van der Waals surface area (Å²) >= 11 is 3.96. The van der Waals surface area contributed by atoms with Gasteiger partial charge >= 0.3 is 12.2 Å². The van der Waals surface area contributed by atoms with E-state index in [1.165, 1.54) is 52.8 Å². The molecule has 0 radical (unpaired) electrons. The van der Waals surface area contributed by atoms with E-state index in [1.54, 1.807) is 37.5 Å². The Morgan fingerprint density at radius 3 is 2.19 bits per heavy atom. The maximum atomic E-state index is 12.3. The summed E-state index contributed by atoms with van der Waals surface area (Å²) in [6.07, 6.45) is 6.85. The van der Waals surface area contributed by atoms with E-state index >= 15 is 0 Å². The Hall–Kier alpha value is -3.77. The number of amides is 1. The van der Waals surface area contributed by atoms with E-state index in [-0.39, 0.29) is 30.2 Å². The maximum absolute atomic E-state index is 12.3.